The fourth-order valence-electron chi connectivity index (χ4n) is 1.56. The van der Waals surface area contributed by atoms with Crippen molar-refractivity contribution in [1.82, 2.24) is 4.98 Å². The van der Waals surface area contributed by atoms with Crippen molar-refractivity contribution in [3.8, 4) is 0 Å². The Morgan fingerprint density at radius 3 is 2.93 bits per heavy atom. The van der Waals surface area contributed by atoms with Gasteiger partial charge in [-0.1, -0.05) is 12.1 Å². The number of carbonyl (C=O) groups is 1. The monoisotopic (exact) mass is 200 g/mol. The van der Waals surface area contributed by atoms with Crippen molar-refractivity contribution in [3.63, 3.8) is 0 Å². The first kappa shape index (κ1) is 9.65. The number of nitrogens with zero attached hydrogens (tertiary/aromatic N) is 1. The van der Waals surface area contributed by atoms with Crippen LogP contribution in [0, 0.1) is 0 Å². The van der Waals surface area contributed by atoms with Gasteiger partial charge in [0.05, 0.1) is 0 Å². The summed E-state index contributed by atoms with van der Waals surface area (Å²) >= 11 is 0. The summed E-state index contributed by atoms with van der Waals surface area (Å²) in [5.41, 5.74) is 6.22. The number of pyridine rings is 1. The summed E-state index contributed by atoms with van der Waals surface area (Å²) < 4.78 is 0. The lowest BCUT2D eigenvalue weighted by molar-refractivity contribution is -0.117. The van der Waals surface area contributed by atoms with Crippen LogP contribution in [-0.4, -0.2) is 10.9 Å². The van der Waals surface area contributed by atoms with E-state index in [1.165, 1.54) is 0 Å². The lowest BCUT2D eigenvalue weighted by Gasteiger charge is -2.01. The number of rotatable bonds is 3. The highest BCUT2D eigenvalue weighted by atomic mass is 16.1. The summed E-state index contributed by atoms with van der Waals surface area (Å²) in [6.45, 7) is 0. The molecule has 0 aliphatic carbocycles. The number of aryl methyl sites for hydroxylation is 1. The number of primary amides is 1. The molecular formula is C12H12N2O. The van der Waals surface area contributed by atoms with Crippen LogP contribution in [0.25, 0.3) is 10.8 Å². The average Bonchev–Trinajstić information content (AvgIpc) is 2.26. The molecule has 3 nitrogen and oxygen atoms in total. The molecule has 3 heteroatoms. The molecule has 2 N–H and O–H groups in total. The van der Waals surface area contributed by atoms with Gasteiger partial charge in [-0.3, -0.25) is 9.78 Å². The first-order chi connectivity index (χ1) is 7.25. The molecule has 0 atom stereocenters. The summed E-state index contributed by atoms with van der Waals surface area (Å²) in [7, 11) is 0. The Hall–Kier alpha value is -1.90. The van der Waals surface area contributed by atoms with E-state index in [-0.39, 0.29) is 5.91 Å². The summed E-state index contributed by atoms with van der Waals surface area (Å²) in [6.07, 6.45) is 4.68. The van der Waals surface area contributed by atoms with Crippen LogP contribution >= 0.6 is 0 Å². The third-order valence-corrected chi connectivity index (χ3v) is 2.37. The van der Waals surface area contributed by atoms with Gasteiger partial charge in [-0.15, -0.1) is 0 Å². The van der Waals surface area contributed by atoms with Crippen molar-refractivity contribution in [2.75, 3.05) is 0 Å². The molecule has 1 aromatic carbocycles. The second-order valence-corrected chi connectivity index (χ2v) is 3.52. The Morgan fingerprint density at radius 2 is 2.13 bits per heavy atom. The van der Waals surface area contributed by atoms with Gasteiger partial charge in [0, 0.05) is 24.2 Å². The molecular weight excluding hydrogens is 188 g/mol. The molecule has 0 unspecified atom stereocenters. The molecule has 1 amide bonds. The predicted molar refractivity (Wildman–Crippen MR) is 59.3 cm³/mol. The van der Waals surface area contributed by atoms with E-state index in [9.17, 15) is 4.79 Å². The van der Waals surface area contributed by atoms with Crippen molar-refractivity contribution >= 4 is 16.7 Å². The Bertz CT molecular complexity index is 494. The third kappa shape index (κ3) is 2.31. The lowest BCUT2D eigenvalue weighted by atomic mass is 10.1. The number of fused-ring (bicyclic) bond motifs is 1. The first-order valence-corrected chi connectivity index (χ1v) is 4.87. The van der Waals surface area contributed by atoms with E-state index in [0.29, 0.717) is 12.8 Å². The minimum absolute atomic E-state index is 0.263. The van der Waals surface area contributed by atoms with Gasteiger partial charge in [0.1, 0.15) is 0 Å². The van der Waals surface area contributed by atoms with E-state index in [0.717, 1.165) is 16.3 Å². The maximum absolute atomic E-state index is 10.6. The summed E-state index contributed by atoms with van der Waals surface area (Å²) in [4.78, 5) is 14.7. The molecule has 1 heterocycles. The highest BCUT2D eigenvalue weighted by Gasteiger charge is 1.99. The topological polar surface area (TPSA) is 56.0 Å². The van der Waals surface area contributed by atoms with Gasteiger partial charge in [0.2, 0.25) is 5.91 Å². The zero-order valence-electron chi connectivity index (χ0n) is 8.31. The van der Waals surface area contributed by atoms with E-state index in [1.54, 1.807) is 6.20 Å². The number of hydrogen-bond acceptors (Lipinski definition) is 2. The minimum atomic E-state index is -0.263. The van der Waals surface area contributed by atoms with Crippen LogP contribution in [0.5, 0.6) is 0 Å². The SMILES string of the molecule is NC(=O)CCc1ccc2ccncc2c1. The number of benzene rings is 1. The second-order valence-electron chi connectivity index (χ2n) is 3.52. The van der Waals surface area contributed by atoms with Gasteiger partial charge in [0.15, 0.2) is 0 Å². The number of carbonyl (C=O) groups excluding carboxylic acids is 1. The summed E-state index contributed by atoms with van der Waals surface area (Å²) in [5.74, 6) is -0.263. The van der Waals surface area contributed by atoms with Crippen molar-refractivity contribution in [2.24, 2.45) is 5.73 Å². The van der Waals surface area contributed by atoms with Gasteiger partial charge in [-0.05, 0) is 29.5 Å². The maximum Gasteiger partial charge on any atom is 0.217 e. The summed E-state index contributed by atoms with van der Waals surface area (Å²) in [5, 5.41) is 2.26. The molecule has 76 valence electrons. The molecule has 0 saturated carbocycles. The maximum atomic E-state index is 10.6. The molecule has 0 aliphatic rings. The normalized spacial score (nSPS) is 10.4. The zero-order valence-corrected chi connectivity index (χ0v) is 8.31. The molecule has 1 aromatic heterocycles. The van der Waals surface area contributed by atoms with Crippen LogP contribution in [0.15, 0.2) is 36.7 Å². The van der Waals surface area contributed by atoms with E-state index >= 15 is 0 Å². The molecule has 2 rings (SSSR count). The van der Waals surface area contributed by atoms with Crippen LogP contribution in [0.1, 0.15) is 12.0 Å². The minimum Gasteiger partial charge on any atom is -0.370 e. The van der Waals surface area contributed by atoms with Crippen LogP contribution in [0.2, 0.25) is 0 Å². The van der Waals surface area contributed by atoms with Crippen LogP contribution < -0.4 is 5.73 Å². The number of hydrogen-bond donors (Lipinski definition) is 1. The number of amides is 1. The van der Waals surface area contributed by atoms with Gasteiger partial charge in [-0.2, -0.15) is 0 Å². The van der Waals surface area contributed by atoms with Crippen molar-refractivity contribution < 1.29 is 4.79 Å². The predicted octanol–water partition coefficient (Wildman–Crippen LogP) is 1.65. The molecule has 0 fully saturated rings. The van der Waals surface area contributed by atoms with Crippen LogP contribution in [0.3, 0.4) is 0 Å². The Kier molecular flexibility index (Phi) is 2.63. The quantitative estimate of drug-likeness (QED) is 0.819. The van der Waals surface area contributed by atoms with Crippen LogP contribution in [-0.2, 0) is 11.2 Å². The molecule has 0 saturated heterocycles. The van der Waals surface area contributed by atoms with Gasteiger partial charge in [0.25, 0.3) is 0 Å². The van der Waals surface area contributed by atoms with Gasteiger partial charge >= 0.3 is 0 Å². The fourth-order valence-corrected chi connectivity index (χ4v) is 1.56. The highest BCUT2D eigenvalue weighted by Crippen LogP contribution is 2.15. The standard InChI is InChI=1S/C12H12N2O/c13-12(15)4-2-9-1-3-10-5-6-14-8-11(10)7-9/h1,3,5-8H,2,4H2,(H2,13,15). The smallest absolute Gasteiger partial charge is 0.217 e. The molecule has 0 radical (unpaired) electrons. The highest BCUT2D eigenvalue weighted by molar-refractivity contribution is 5.82. The van der Waals surface area contributed by atoms with E-state index in [1.807, 2.05) is 30.5 Å². The molecule has 15 heavy (non-hydrogen) atoms. The number of aromatic nitrogens is 1. The summed E-state index contributed by atoms with van der Waals surface area (Å²) in [6, 6.07) is 8.07. The van der Waals surface area contributed by atoms with Crippen LogP contribution in [0.4, 0.5) is 0 Å². The van der Waals surface area contributed by atoms with Crippen molar-refractivity contribution in [2.45, 2.75) is 12.8 Å². The fraction of sp³-hybridized carbons (Fsp3) is 0.167. The average molecular weight is 200 g/mol. The Labute approximate surface area is 87.9 Å². The Balaban J connectivity index is 2.26. The van der Waals surface area contributed by atoms with Gasteiger partial charge < -0.3 is 5.73 Å². The van der Waals surface area contributed by atoms with E-state index in [4.69, 9.17) is 5.73 Å². The number of nitrogens with two attached hydrogens (primary N) is 1. The molecule has 0 spiro atoms. The third-order valence-electron chi connectivity index (χ3n) is 2.37. The van der Waals surface area contributed by atoms with Crippen molar-refractivity contribution in [3.05, 3.63) is 42.2 Å². The first-order valence-electron chi connectivity index (χ1n) is 4.87. The van der Waals surface area contributed by atoms with Crippen molar-refractivity contribution in [1.29, 1.82) is 0 Å². The molecule has 0 aliphatic heterocycles. The zero-order chi connectivity index (χ0) is 10.7. The van der Waals surface area contributed by atoms with Gasteiger partial charge in [-0.25, -0.2) is 0 Å². The molecule has 0 bridgehead atoms. The lowest BCUT2D eigenvalue weighted by Crippen LogP contribution is -2.11. The Morgan fingerprint density at radius 1 is 1.27 bits per heavy atom. The second kappa shape index (κ2) is 4.09. The molecule has 2 aromatic rings. The van der Waals surface area contributed by atoms with E-state index < -0.39 is 0 Å². The van der Waals surface area contributed by atoms with E-state index in [2.05, 4.69) is 4.98 Å². The largest absolute Gasteiger partial charge is 0.370 e.